The number of carbonyl (C=O) groups is 2. The number of ether oxygens (including phenoxy) is 2. The second kappa shape index (κ2) is 40.4. The van der Waals surface area contributed by atoms with Crippen molar-refractivity contribution in [2.75, 3.05) is 47.5 Å². The highest BCUT2D eigenvalue weighted by atomic mass is 31.2. The Balaban J connectivity index is 4.70. The van der Waals surface area contributed by atoms with Crippen LogP contribution in [0.4, 0.5) is 0 Å². The SMILES string of the molecule is CC/C=C\C/C=C\C/C=C\C/C=C\C=C\C(O)CCCC(=O)OC[C@H](COP(=O)([O-])OCC[N+](C)(C)C)OC(=O)CC/C=C\C/C=C\C/C=C\C/C=C\C/C=C\CCCCC. The first-order valence-corrected chi connectivity index (χ1v) is 23.8. The molecule has 3 atom stereocenters. The largest absolute Gasteiger partial charge is 0.756 e. The van der Waals surface area contributed by atoms with Gasteiger partial charge >= 0.3 is 11.9 Å². The monoisotopic (exact) mass is 870 g/mol. The lowest BCUT2D eigenvalue weighted by molar-refractivity contribution is -0.870. The fourth-order valence-corrected chi connectivity index (χ4v) is 5.80. The summed E-state index contributed by atoms with van der Waals surface area (Å²) in [4.78, 5) is 37.5. The van der Waals surface area contributed by atoms with Crippen LogP contribution < -0.4 is 4.89 Å². The molecule has 11 heteroatoms. The number of quaternary nitrogens is 1. The standard InChI is InChI=1S/C50H80NO9P/c1-6-8-10-12-14-16-18-20-21-22-23-24-25-27-29-31-33-35-37-41-50(54)60-48(46-59-61(55,56)58-44-43-51(3,4)5)45-57-49(53)42-38-40-47(52)39-36-34-32-30-28-26-19-17-15-13-11-9-7-2/h9,11,14-17,20-21,23-24,26-29,32-36,39,47-48,52H,6-8,10,12-13,18-19,22,25,30-31,37-38,40-46H2,1-5H3/b11-9-,16-14-,17-15-,21-20-,24-23-,28-26-,29-27-,34-32-,35-33-,39-36+/t47?,48-/m1/s1. The van der Waals surface area contributed by atoms with Gasteiger partial charge in [-0.25, -0.2) is 0 Å². The van der Waals surface area contributed by atoms with Gasteiger partial charge in [0.15, 0.2) is 6.10 Å². The molecule has 0 fully saturated rings. The van der Waals surface area contributed by atoms with Crippen LogP contribution in [0.5, 0.6) is 0 Å². The van der Waals surface area contributed by atoms with Gasteiger partial charge in [0.25, 0.3) is 7.82 Å². The van der Waals surface area contributed by atoms with Crippen LogP contribution in [0, 0.1) is 0 Å². The highest BCUT2D eigenvalue weighted by Crippen LogP contribution is 2.38. The maximum atomic E-state index is 12.7. The van der Waals surface area contributed by atoms with E-state index in [0.29, 0.717) is 30.3 Å². The van der Waals surface area contributed by atoms with E-state index in [-0.39, 0.29) is 26.1 Å². The topological polar surface area (TPSA) is 131 Å². The number of likely N-dealkylation sites (N-methyl/N-ethyl adjacent to an activating group) is 1. The minimum absolute atomic E-state index is 0.0227. The first-order valence-electron chi connectivity index (χ1n) is 22.4. The molecule has 0 saturated heterocycles. The summed E-state index contributed by atoms with van der Waals surface area (Å²) in [6.07, 6.45) is 52.8. The molecule has 2 unspecified atom stereocenters. The molecule has 0 aromatic carbocycles. The van der Waals surface area contributed by atoms with Gasteiger partial charge in [0.05, 0.1) is 33.9 Å². The van der Waals surface area contributed by atoms with Gasteiger partial charge in [0, 0.05) is 12.8 Å². The number of hydrogen-bond donors (Lipinski definition) is 1. The third kappa shape index (κ3) is 44.2. The minimum Gasteiger partial charge on any atom is -0.756 e. The quantitative estimate of drug-likeness (QED) is 0.0161. The Kier molecular flexibility index (Phi) is 38.0. The number of aliphatic hydroxyl groups is 1. The molecule has 10 nitrogen and oxygen atoms in total. The van der Waals surface area contributed by atoms with Crippen molar-refractivity contribution in [2.24, 2.45) is 0 Å². The van der Waals surface area contributed by atoms with Crippen molar-refractivity contribution in [3.63, 3.8) is 0 Å². The van der Waals surface area contributed by atoms with Gasteiger partial charge in [-0.1, -0.05) is 148 Å². The number of carbonyl (C=O) groups excluding carboxylic acids is 2. The molecule has 0 saturated carbocycles. The number of esters is 2. The summed E-state index contributed by atoms with van der Waals surface area (Å²) in [5.41, 5.74) is 0. The number of unbranched alkanes of at least 4 members (excludes halogenated alkanes) is 3. The smallest absolute Gasteiger partial charge is 0.306 e. The summed E-state index contributed by atoms with van der Waals surface area (Å²) in [6, 6.07) is 0. The molecule has 0 radical (unpaired) electrons. The predicted octanol–water partition coefficient (Wildman–Crippen LogP) is 11.2. The molecule has 0 aliphatic carbocycles. The second-order valence-corrected chi connectivity index (χ2v) is 16.9. The number of allylic oxidation sites excluding steroid dienone is 19. The van der Waals surface area contributed by atoms with E-state index < -0.39 is 38.6 Å². The Labute approximate surface area is 370 Å². The zero-order chi connectivity index (χ0) is 45.1. The van der Waals surface area contributed by atoms with Crippen LogP contribution in [0.25, 0.3) is 0 Å². The van der Waals surface area contributed by atoms with Crippen molar-refractivity contribution in [3.05, 3.63) is 122 Å². The number of phosphoric ester groups is 1. The number of rotatable bonds is 38. The number of aliphatic hydroxyl groups excluding tert-OH is 1. The second-order valence-electron chi connectivity index (χ2n) is 15.5. The van der Waals surface area contributed by atoms with E-state index >= 15 is 0 Å². The van der Waals surface area contributed by atoms with Gasteiger partial charge in [0.1, 0.15) is 19.8 Å². The lowest BCUT2D eigenvalue weighted by atomic mass is 10.1. The van der Waals surface area contributed by atoms with Crippen LogP contribution in [0.3, 0.4) is 0 Å². The van der Waals surface area contributed by atoms with E-state index in [4.69, 9.17) is 18.5 Å². The molecule has 0 bridgehead atoms. The molecule has 344 valence electrons. The molecule has 61 heavy (non-hydrogen) atoms. The van der Waals surface area contributed by atoms with Crippen molar-refractivity contribution < 1.29 is 47.2 Å². The zero-order valence-corrected chi connectivity index (χ0v) is 39.1. The summed E-state index contributed by atoms with van der Waals surface area (Å²) in [7, 11) is 0.994. The molecule has 0 amide bonds. The van der Waals surface area contributed by atoms with E-state index in [1.807, 2.05) is 45.4 Å². The van der Waals surface area contributed by atoms with Crippen molar-refractivity contribution in [3.8, 4) is 0 Å². The van der Waals surface area contributed by atoms with E-state index in [1.165, 1.54) is 25.7 Å². The van der Waals surface area contributed by atoms with Crippen LogP contribution in [0.15, 0.2) is 122 Å². The molecule has 0 aliphatic rings. The van der Waals surface area contributed by atoms with E-state index in [1.54, 1.807) is 12.2 Å². The summed E-state index contributed by atoms with van der Waals surface area (Å²) in [5, 5.41) is 10.3. The summed E-state index contributed by atoms with van der Waals surface area (Å²) in [6.45, 7) is 3.73. The van der Waals surface area contributed by atoms with E-state index in [9.17, 15) is 24.2 Å². The third-order valence-electron chi connectivity index (χ3n) is 8.58. The van der Waals surface area contributed by atoms with Crippen LogP contribution in [0.1, 0.15) is 123 Å². The summed E-state index contributed by atoms with van der Waals surface area (Å²) >= 11 is 0. The molecule has 0 aromatic heterocycles. The van der Waals surface area contributed by atoms with Crippen LogP contribution >= 0.6 is 7.82 Å². The van der Waals surface area contributed by atoms with Crippen molar-refractivity contribution in [2.45, 2.75) is 135 Å². The first kappa shape index (κ1) is 57.4. The fraction of sp³-hybridized carbons (Fsp3) is 0.560. The molecular formula is C50H80NO9P. The molecule has 0 aromatic rings. The molecule has 0 heterocycles. The first-order chi connectivity index (χ1) is 29.4. The normalized spacial score (nSPS) is 15.2. The maximum absolute atomic E-state index is 12.7. The van der Waals surface area contributed by atoms with E-state index in [0.717, 1.165) is 51.4 Å². The Morgan fingerprint density at radius 3 is 1.69 bits per heavy atom. The van der Waals surface area contributed by atoms with Gasteiger partial charge in [-0.15, -0.1) is 0 Å². The van der Waals surface area contributed by atoms with Gasteiger partial charge in [0.2, 0.25) is 0 Å². The maximum Gasteiger partial charge on any atom is 0.306 e. The van der Waals surface area contributed by atoms with Crippen molar-refractivity contribution >= 4 is 19.8 Å². The van der Waals surface area contributed by atoms with Crippen molar-refractivity contribution in [1.29, 1.82) is 0 Å². The summed E-state index contributed by atoms with van der Waals surface area (Å²) < 4.78 is 33.6. The summed E-state index contributed by atoms with van der Waals surface area (Å²) in [5.74, 6) is -1.15. The molecule has 0 rings (SSSR count). The number of nitrogens with zero attached hydrogens (tertiary/aromatic N) is 1. The highest BCUT2D eigenvalue weighted by Gasteiger charge is 2.21. The Morgan fingerprint density at radius 1 is 0.623 bits per heavy atom. The van der Waals surface area contributed by atoms with Gasteiger partial charge in [-0.2, -0.15) is 0 Å². The van der Waals surface area contributed by atoms with Gasteiger partial charge < -0.3 is 33.0 Å². The van der Waals surface area contributed by atoms with Gasteiger partial charge in [-0.3, -0.25) is 14.2 Å². The predicted molar refractivity (Wildman–Crippen MR) is 250 cm³/mol. The Bertz CT molecular complexity index is 1460. The van der Waals surface area contributed by atoms with Crippen LogP contribution in [-0.4, -0.2) is 81.2 Å². The molecule has 0 aliphatic heterocycles. The molecule has 1 N–H and O–H groups in total. The zero-order valence-electron chi connectivity index (χ0n) is 38.2. The lowest BCUT2D eigenvalue weighted by Crippen LogP contribution is -2.37. The molecule has 0 spiro atoms. The van der Waals surface area contributed by atoms with E-state index in [2.05, 4.69) is 98.9 Å². The average Bonchev–Trinajstić information content (AvgIpc) is 3.21. The lowest BCUT2D eigenvalue weighted by Gasteiger charge is -2.28. The van der Waals surface area contributed by atoms with Crippen molar-refractivity contribution in [1.82, 2.24) is 0 Å². The Morgan fingerprint density at radius 2 is 1.15 bits per heavy atom. The molecular weight excluding hydrogens is 790 g/mol. The number of hydrogen-bond acceptors (Lipinski definition) is 9. The third-order valence-corrected chi connectivity index (χ3v) is 9.55. The van der Waals surface area contributed by atoms with Crippen LogP contribution in [0.2, 0.25) is 0 Å². The fourth-order valence-electron chi connectivity index (χ4n) is 5.08. The van der Waals surface area contributed by atoms with Gasteiger partial charge in [-0.05, 0) is 83.5 Å². The highest BCUT2D eigenvalue weighted by molar-refractivity contribution is 7.45. The Hall–Kier alpha value is -3.63. The average molecular weight is 870 g/mol. The van der Waals surface area contributed by atoms with Crippen LogP contribution in [-0.2, 0) is 32.7 Å². The minimum atomic E-state index is -4.70. The number of phosphoric acid groups is 1.